The molecule has 0 fully saturated rings. The topological polar surface area (TPSA) is 15.3 Å². The van der Waals surface area contributed by atoms with Crippen molar-refractivity contribution in [2.45, 2.75) is 26.8 Å². The highest BCUT2D eigenvalue weighted by molar-refractivity contribution is 5.66. The number of hydrogen-bond acceptors (Lipinski definition) is 2. The fraction of sp³-hybridized carbons (Fsp3) is 0.333. The molecule has 0 heterocycles. The number of aryl methyl sites for hydroxylation is 2. The summed E-state index contributed by atoms with van der Waals surface area (Å²) in [5.74, 6) is 0. The summed E-state index contributed by atoms with van der Waals surface area (Å²) in [4.78, 5) is 2.26. The van der Waals surface area contributed by atoms with E-state index in [1.54, 1.807) is 0 Å². The molecule has 0 saturated carbocycles. The molecular weight excluding hydrogens is 244 g/mol. The van der Waals surface area contributed by atoms with Crippen LogP contribution in [-0.4, -0.2) is 14.1 Å². The van der Waals surface area contributed by atoms with Crippen molar-refractivity contribution in [2.75, 3.05) is 19.0 Å². The van der Waals surface area contributed by atoms with Crippen LogP contribution in [0.3, 0.4) is 0 Å². The van der Waals surface area contributed by atoms with E-state index in [0.29, 0.717) is 0 Å². The van der Waals surface area contributed by atoms with E-state index in [9.17, 15) is 0 Å². The number of hydrogen-bond donors (Lipinski definition) is 1. The second-order valence-electron chi connectivity index (χ2n) is 5.24. The predicted octanol–water partition coefficient (Wildman–Crippen LogP) is 4.04. The van der Waals surface area contributed by atoms with E-state index in [1.807, 2.05) is 7.05 Å². The Morgan fingerprint density at radius 3 is 2.35 bits per heavy atom. The van der Waals surface area contributed by atoms with Crippen molar-refractivity contribution in [3.63, 3.8) is 0 Å². The lowest BCUT2D eigenvalue weighted by atomic mass is 10.1. The molecule has 0 spiro atoms. The van der Waals surface area contributed by atoms with Crippen molar-refractivity contribution >= 4 is 11.4 Å². The Balaban J connectivity index is 2.33. The average Bonchev–Trinajstić information content (AvgIpc) is 2.47. The van der Waals surface area contributed by atoms with Crippen LogP contribution in [0.2, 0.25) is 0 Å². The molecule has 2 aromatic carbocycles. The fourth-order valence-corrected chi connectivity index (χ4v) is 2.47. The third-order valence-electron chi connectivity index (χ3n) is 3.70. The standard InChI is InChI=1S/C18H24N2/c1-5-15-7-9-17(10-8-15)20(4)18-11-6-14(2)12-16(18)13-19-3/h6-12,19H,5,13H2,1-4H3. The van der Waals surface area contributed by atoms with Gasteiger partial charge in [-0.1, -0.05) is 36.8 Å². The van der Waals surface area contributed by atoms with E-state index >= 15 is 0 Å². The lowest BCUT2D eigenvalue weighted by Crippen LogP contribution is -2.15. The predicted molar refractivity (Wildman–Crippen MR) is 87.8 cm³/mol. The largest absolute Gasteiger partial charge is 0.344 e. The summed E-state index contributed by atoms with van der Waals surface area (Å²) in [5.41, 5.74) is 6.49. The highest BCUT2D eigenvalue weighted by Gasteiger charge is 2.09. The van der Waals surface area contributed by atoms with Gasteiger partial charge in [0.1, 0.15) is 0 Å². The van der Waals surface area contributed by atoms with E-state index in [4.69, 9.17) is 0 Å². The van der Waals surface area contributed by atoms with Gasteiger partial charge in [-0.15, -0.1) is 0 Å². The van der Waals surface area contributed by atoms with Crippen LogP contribution in [0.15, 0.2) is 42.5 Å². The normalized spacial score (nSPS) is 10.6. The summed E-state index contributed by atoms with van der Waals surface area (Å²) >= 11 is 0. The molecule has 0 unspecified atom stereocenters. The molecule has 106 valence electrons. The molecule has 2 rings (SSSR count). The zero-order valence-corrected chi connectivity index (χ0v) is 12.9. The first-order valence-corrected chi connectivity index (χ1v) is 7.22. The van der Waals surface area contributed by atoms with E-state index in [2.05, 4.69) is 73.6 Å². The minimum Gasteiger partial charge on any atom is -0.344 e. The van der Waals surface area contributed by atoms with Crippen molar-refractivity contribution in [1.29, 1.82) is 0 Å². The number of nitrogens with zero attached hydrogens (tertiary/aromatic N) is 1. The summed E-state index contributed by atoms with van der Waals surface area (Å²) in [6.07, 6.45) is 1.08. The number of anilines is 2. The van der Waals surface area contributed by atoms with Gasteiger partial charge in [0.25, 0.3) is 0 Å². The molecule has 0 amide bonds. The summed E-state index contributed by atoms with van der Waals surface area (Å²) in [6.45, 7) is 5.21. The average molecular weight is 268 g/mol. The first-order chi connectivity index (χ1) is 9.65. The molecule has 0 radical (unpaired) electrons. The first kappa shape index (κ1) is 14.6. The van der Waals surface area contributed by atoms with E-state index in [0.717, 1.165) is 13.0 Å². The van der Waals surface area contributed by atoms with Crippen LogP contribution in [0.4, 0.5) is 11.4 Å². The minimum atomic E-state index is 0.883. The van der Waals surface area contributed by atoms with Gasteiger partial charge >= 0.3 is 0 Å². The Morgan fingerprint density at radius 2 is 1.75 bits per heavy atom. The molecule has 1 N–H and O–H groups in total. The Kier molecular flexibility index (Phi) is 4.80. The van der Waals surface area contributed by atoms with Crippen molar-refractivity contribution in [1.82, 2.24) is 5.32 Å². The van der Waals surface area contributed by atoms with Crippen molar-refractivity contribution < 1.29 is 0 Å². The second-order valence-corrected chi connectivity index (χ2v) is 5.24. The molecule has 2 aromatic rings. The summed E-state index contributed by atoms with van der Waals surface area (Å²) in [5, 5.41) is 3.25. The van der Waals surface area contributed by atoms with Gasteiger partial charge in [0.2, 0.25) is 0 Å². The van der Waals surface area contributed by atoms with Crippen molar-refractivity contribution in [2.24, 2.45) is 0 Å². The molecule has 2 heteroatoms. The summed E-state index contributed by atoms with van der Waals surface area (Å²) in [6, 6.07) is 15.4. The maximum atomic E-state index is 3.25. The Labute approximate surface area is 122 Å². The molecule has 0 aromatic heterocycles. The SMILES string of the molecule is CCc1ccc(N(C)c2ccc(C)cc2CNC)cc1. The van der Waals surface area contributed by atoms with Gasteiger partial charge in [-0.2, -0.15) is 0 Å². The Bertz CT molecular complexity index is 558. The van der Waals surface area contributed by atoms with Crippen LogP contribution in [0.5, 0.6) is 0 Å². The van der Waals surface area contributed by atoms with Crippen LogP contribution < -0.4 is 10.2 Å². The van der Waals surface area contributed by atoms with Gasteiger partial charge in [-0.05, 0) is 49.7 Å². The van der Waals surface area contributed by atoms with Crippen LogP contribution in [0.25, 0.3) is 0 Å². The molecular formula is C18H24N2. The van der Waals surface area contributed by atoms with E-state index in [-0.39, 0.29) is 0 Å². The van der Waals surface area contributed by atoms with Gasteiger partial charge in [0, 0.05) is 25.0 Å². The van der Waals surface area contributed by atoms with Gasteiger partial charge in [0.05, 0.1) is 0 Å². The lowest BCUT2D eigenvalue weighted by Gasteiger charge is -2.23. The van der Waals surface area contributed by atoms with E-state index < -0.39 is 0 Å². The maximum absolute atomic E-state index is 3.25. The zero-order valence-electron chi connectivity index (χ0n) is 12.9. The van der Waals surface area contributed by atoms with Crippen molar-refractivity contribution in [3.8, 4) is 0 Å². The molecule has 0 saturated heterocycles. The number of nitrogens with one attached hydrogen (secondary N) is 1. The van der Waals surface area contributed by atoms with Crippen LogP contribution in [0.1, 0.15) is 23.6 Å². The van der Waals surface area contributed by atoms with E-state index in [1.165, 1.54) is 28.1 Å². The van der Waals surface area contributed by atoms with Crippen LogP contribution in [0, 0.1) is 6.92 Å². The smallest absolute Gasteiger partial charge is 0.0453 e. The quantitative estimate of drug-likeness (QED) is 0.880. The molecule has 0 atom stereocenters. The lowest BCUT2D eigenvalue weighted by molar-refractivity contribution is 0.815. The zero-order chi connectivity index (χ0) is 14.5. The summed E-state index contributed by atoms with van der Waals surface area (Å²) < 4.78 is 0. The van der Waals surface area contributed by atoms with Crippen molar-refractivity contribution in [3.05, 3.63) is 59.2 Å². The highest BCUT2D eigenvalue weighted by atomic mass is 15.1. The molecule has 0 aliphatic rings. The van der Waals surface area contributed by atoms with Gasteiger partial charge in [-0.3, -0.25) is 0 Å². The molecule has 0 bridgehead atoms. The fourth-order valence-electron chi connectivity index (χ4n) is 2.47. The highest BCUT2D eigenvalue weighted by Crippen LogP contribution is 2.28. The second kappa shape index (κ2) is 6.58. The first-order valence-electron chi connectivity index (χ1n) is 7.22. The van der Waals surface area contributed by atoms with Crippen LogP contribution in [-0.2, 0) is 13.0 Å². The molecule has 20 heavy (non-hydrogen) atoms. The Hall–Kier alpha value is -1.80. The Morgan fingerprint density at radius 1 is 1.05 bits per heavy atom. The van der Waals surface area contributed by atoms with Crippen LogP contribution >= 0.6 is 0 Å². The number of rotatable bonds is 5. The molecule has 2 nitrogen and oxygen atoms in total. The third-order valence-corrected chi connectivity index (χ3v) is 3.70. The number of benzene rings is 2. The molecule has 0 aliphatic heterocycles. The van der Waals surface area contributed by atoms with Gasteiger partial charge < -0.3 is 10.2 Å². The van der Waals surface area contributed by atoms with Gasteiger partial charge in [0.15, 0.2) is 0 Å². The minimum absolute atomic E-state index is 0.883. The third kappa shape index (κ3) is 3.20. The maximum Gasteiger partial charge on any atom is 0.0453 e. The monoisotopic (exact) mass is 268 g/mol. The molecule has 0 aliphatic carbocycles. The van der Waals surface area contributed by atoms with Gasteiger partial charge in [-0.25, -0.2) is 0 Å². The summed E-state index contributed by atoms with van der Waals surface area (Å²) in [7, 11) is 4.12.